The van der Waals surface area contributed by atoms with E-state index in [2.05, 4.69) is 4.98 Å². The van der Waals surface area contributed by atoms with Gasteiger partial charge in [0.1, 0.15) is 5.75 Å². The number of phenols is 1. The van der Waals surface area contributed by atoms with Crippen molar-refractivity contribution in [3.8, 4) is 16.9 Å². The lowest BCUT2D eigenvalue weighted by Gasteiger charge is -2.09. The third kappa shape index (κ3) is 2.85. The number of aliphatic carboxylic acids is 1. The molecule has 23 heavy (non-hydrogen) atoms. The van der Waals surface area contributed by atoms with Crippen molar-refractivity contribution in [3.63, 3.8) is 0 Å². The number of aromatic hydroxyl groups is 1. The summed E-state index contributed by atoms with van der Waals surface area (Å²) in [5, 5.41) is 20.6. The molecule has 3 rings (SSSR count). The van der Waals surface area contributed by atoms with E-state index in [-0.39, 0.29) is 22.2 Å². The number of benzene rings is 2. The van der Waals surface area contributed by atoms with Gasteiger partial charge in [-0.1, -0.05) is 40.9 Å². The van der Waals surface area contributed by atoms with Crippen LogP contribution in [0.1, 0.15) is 5.56 Å². The van der Waals surface area contributed by atoms with Gasteiger partial charge in [0.2, 0.25) is 0 Å². The quantitative estimate of drug-likeness (QED) is 0.560. The fourth-order valence-electron chi connectivity index (χ4n) is 2.52. The van der Waals surface area contributed by atoms with Gasteiger partial charge in [0.15, 0.2) is 0 Å². The van der Waals surface area contributed by atoms with Crippen molar-refractivity contribution in [1.82, 2.24) is 4.98 Å². The van der Waals surface area contributed by atoms with E-state index < -0.39 is 5.97 Å². The molecule has 7 heteroatoms. The Morgan fingerprint density at radius 1 is 1.13 bits per heavy atom. The van der Waals surface area contributed by atoms with Gasteiger partial charge in [0, 0.05) is 17.1 Å². The van der Waals surface area contributed by atoms with E-state index in [9.17, 15) is 9.90 Å². The van der Waals surface area contributed by atoms with Gasteiger partial charge in [-0.15, -0.1) is 0 Å². The molecule has 3 aromatic rings. The number of rotatable bonds is 3. The number of nitrogens with one attached hydrogen (secondary N) is 1. The normalized spacial score (nSPS) is 11.1. The highest BCUT2D eigenvalue weighted by Crippen LogP contribution is 2.41. The standard InChI is InChI=1S/C16H10Cl3NO3/c17-10-2-1-9(15(18)16(10)19)7-3-11-14(12(21)4-7)8(6-20-11)5-13(22)23/h1-4,6,20-21H,5H2,(H,22,23). The van der Waals surface area contributed by atoms with Crippen LogP contribution in [0, 0.1) is 0 Å². The van der Waals surface area contributed by atoms with E-state index in [1.54, 1.807) is 24.4 Å². The Morgan fingerprint density at radius 2 is 1.87 bits per heavy atom. The highest BCUT2D eigenvalue weighted by molar-refractivity contribution is 6.49. The van der Waals surface area contributed by atoms with Crippen LogP contribution in [0.4, 0.5) is 0 Å². The molecule has 0 spiro atoms. The fraction of sp³-hybridized carbons (Fsp3) is 0.0625. The second-order valence-corrected chi connectivity index (χ2v) is 6.19. The van der Waals surface area contributed by atoms with Gasteiger partial charge in [0.25, 0.3) is 0 Å². The van der Waals surface area contributed by atoms with Gasteiger partial charge in [-0.2, -0.15) is 0 Å². The zero-order valence-electron chi connectivity index (χ0n) is 11.5. The van der Waals surface area contributed by atoms with Gasteiger partial charge in [0.05, 0.1) is 27.0 Å². The third-order valence-corrected chi connectivity index (χ3v) is 4.82. The molecule has 3 N–H and O–H groups in total. The fourth-order valence-corrected chi connectivity index (χ4v) is 3.17. The van der Waals surface area contributed by atoms with Gasteiger partial charge < -0.3 is 15.2 Å². The first-order valence-corrected chi connectivity index (χ1v) is 7.70. The van der Waals surface area contributed by atoms with Crippen molar-refractivity contribution in [1.29, 1.82) is 0 Å². The van der Waals surface area contributed by atoms with Crippen LogP contribution in [-0.4, -0.2) is 21.2 Å². The Bertz CT molecular complexity index is 934. The summed E-state index contributed by atoms with van der Waals surface area (Å²) in [6.45, 7) is 0. The van der Waals surface area contributed by atoms with Crippen LogP contribution >= 0.6 is 34.8 Å². The highest BCUT2D eigenvalue weighted by atomic mass is 35.5. The van der Waals surface area contributed by atoms with Crippen molar-refractivity contribution in [3.05, 3.63) is 51.1 Å². The molecule has 1 heterocycles. The maximum atomic E-state index is 10.9. The zero-order valence-corrected chi connectivity index (χ0v) is 13.8. The molecule has 0 atom stereocenters. The second-order valence-electron chi connectivity index (χ2n) is 5.03. The summed E-state index contributed by atoms with van der Waals surface area (Å²) in [7, 11) is 0. The predicted octanol–water partition coefficient (Wildman–Crippen LogP) is 5.13. The molecule has 4 nitrogen and oxygen atoms in total. The van der Waals surface area contributed by atoms with Crippen LogP contribution in [0.15, 0.2) is 30.5 Å². The van der Waals surface area contributed by atoms with E-state index in [1.807, 2.05) is 0 Å². The van der Waals surface area contributed by atoms with Gasteiger partial charge in [-0.3, -0.25) is 4.79 Å². The Hall–Kier alpha value is -1.88. The van der Waals surface area contributed by atoms with Crippen molar-refractivity contribution in [2.45, 2.75) is 6.42 Å². The predicted molar refractivity (Wildman–Crippen MR) is 91.8 cm³/mol. The average Bonchev–Trinajstić information content (AvgIpc) is 2.87. The van der Waals surface area contributed by atoms with Crippen LogP contribution < -0.4 is 0 Å². The van der Waals surface area contributed by atoms with Crippen LogP contribution in [0.3, 0.4) is 0 Å². The summed E-state index contributed by atoms with van der Waals surface area (Å²) >= 11 is 18.2. The largest absolute Gasteiger partial charge is 0.507 e. The van der Waals surface area contributed by atoms with Crippen LogP contribution in [0.5, 0.6) is 5.75 Å². The van der Waals surface area contributed by atoms with Crippen molar-refractivity contribution < 1.29 is 15.0 Å². The third-order valence-electron chi connectivity index (χ3n) is 3.53. The molecule has 0 amide bonds. The van der Waals surface area contributed by atoms with Crippen LogP contribution in [-0.2, 0) is 11.2 Å². The number of phenolic OH excluding ortho intramolecular Hbond substituents is 1. The van der Waals surface area contributed by atoms with E-state index in [1.165, 1.54) is 6.07 Å². The second kappa shape index (κ2) is 5.96. The number of halogens is 3. The van der Waals surface area contributed by atoms with Crippen molar-refractivity contribution >= 4 is 51.7 Å². The minimum absolute atomic E-state index is 0.0304. The number of hydrogen-bond acceptors (Lipinski definition) is 2. The monoisotopic (exact) mass is 369 g/mol. The lowest BCUT2D eigenvalue weighted by Crippen LogP contribution is -1.98. The molecule has 1 aromatic heterocycles. The molecular formula is C16H10Cl3NO3. The molecular weight excluding hydrogens is 361 g/mol. The van der Waals surface area contributed by atoms with Gasteiger partial charge in [-0.05, 0) is 29.3 Å². The van der Waals surface area contributed by atoms with E-state index in [0.29, 0.717) is 32.6 Å². The highest BCUT2D eigenvalue weighted by Gasteiger charge is 2.16. The Labute approximate surface area is 146 Å². The molecule has 118 valence electrons. The van der Waals surface area contributed by atoms with Crippen molar-refractivity contribution in [2.75, 3.05) is 0 Å². The maximum absolute atomic E-state index is 10.9. The number of carboxylic acid groups (broad SMARTS) is 1. The molecule has 0 saturated carbocycles. The summed E-state index contributed by atoms with van der Waals surface area (Å²) in [5.41, 5.74) is 2.38. The number of H-pyrrole nitrogens is 1. The lowest BCUT2D eigenvalue weighted by molar-refractivity contribution is -0.136. The summed E-state index contributed by atoms with van der Waals surface area (Å²) in [6, 6.07) is 6.62. The number of fused-ring (bicyclic) bond motifs is 1. The Balaban J connectivity index is 2.18. The molecule has 0 radical (unpaired) electrons. The van der Waals surface area contributed by atoms with Crippen LogP contribution in [0.2, 0.25) is 15.1 Å². The molecule has 0 saturated heterocycles. The first-order chi connectivity index (χ1) is 10.9. The summed E-state index contributed by atoms with van der Waals surface area (Å²) in [5.74, 6) is -1.00. The first-order valence-electron chi connectivity index (χ1n) is 6.57. The van der Waals surface area contributed by atoms with E-state index in [4.69, 9.17) is 39.9 Å². The summed E-state index contributed by atoms with van der Waals surface area (Å²) in [4.78, 5) is 13.8. The minimum Gasteiger partial charge on any atom is -0.507 e. The van der Waals surface area contributed by atoms with E-state index >= 15 is 0 Å². The molecule has 0 aliphatic rings. The molecule has 0 unspecified atom stereocenters. The molecule has 0 aliphatic heterocycles. The number of hydrogen-bond donors (Lipinski definition) is 3. The number of aromatic nitrogens is 1. The minimum atomic E-state index is -0.970. The Kier molecular flexibility index (Phi) is 4.15. The molecule has 0 aliphatic carbocycles. The van der Waals surface area contributed by atoms with Crippen LogP contribution in [0.25, 0.3) is 22.0 Å². The van der Waals surface area contributed by atoms with Gasteiger partial charge >= 0.3 is 5.97 Å². The van der Waals surface area contributed by atoms with Crippen molar-refractivity contribution in [2.24, 2.45) is 0 Å². The zero-order chi connectivity index (χ0) is 16.7. The number of carboxylic acids is 1. The SMILES string of the molecule is O=C(O)Cc1c[nH]c2cc(-c3ccc(Cl)c(Cl)c3Cl)cc(O)c12. The summed E-state index contributed by atoms with van der Waals surface area (Å²) < 4.78 is 0. The Morgan fingerprint density at radius 3 is 2.57 bits per heavy atom. The lowest BCUT2D eigenvalue weighted by atomic mass is 10.0. The smallest absolute Gasteiger partial charge is 0.307 e. The number of carbonyl (C=O) groups is 1. The molecule has 2 aromatic carbocycles. The average molecular weight is 371 g/mol. The summed E-state index contributed by atoms with van der Waals surface area (Å²) in [6.07, 6.45) is 1.39. The maximum Gasteiger partial charge on any atom is 0.307 e. The first kappa shape index (κ1) is 16.0. The molecule has 0 fully saturated rings. The molecule has 0 bridgehead atoms. The topological polar surface area (TPSA) is 73.3 Å². The number of aromatic amines is 1. The van der Waals surface area contributed by atoms with Gasteiger partial charge in [-0.25, -0.2) is 0 Å². The van der Waals surface area contributed by atoms with E-state index in [0.717, 1.165) is 0 Å².